The van der Waals surface area contributed by atoms with Gasteiger partial charge in [0, 0.05) is 16.2 Å². The van der Waals surface area contributed by atoms with E-state index in [1.54, 1.807) is 6.21 Å². The van der Waals surface area contributed by atoms with Gasteiger partial charge in [-0.25, -0.2) is 0 Å². The molecule has 2 N–H and O–H groups in total. The average molecular weight is 372 g/mol. The van der Waals surface area contributed by atoms with Gasteiger partial charge in [0.25, 0.3) is 0 Å². The molecule has 0 aromatic heterocycles. The number of unbranched alkanes of at least 4 members (excludes halogenated alkanes) is 2. The number of rotatable bonds is 9. The Hall–Kier alpha value is -1.72. The molecule has 0 bridgehead atoms. The Labute approximate surface area is 159 Å². The van der Waals surface area contributed by atoms with Crippen LogP contribution >= 0.6 is 23.5 Å². The zero-order chi connectivity index (χ0) is 17.7. The largest absolute Gasteiger partial charge is 0.377 e. The predicted octanol–water partition coefficient (Wildman–Crippen LogP) is 5.55. The number of amidine groups is 1. The van der Waals surface area contributed by atoms with Crippen molar-refractivity contribution in [2.24, 2.45) is 15.9 Å². The predicted molar refractivity (Wildman–Crippen MR) is 114 cm³/mol. The third kappa shape index (κ3) is 7.80. The molecule has 132 valence electrons. The fraction of sp³-hybridized carbons (Fsp3) is 0.300. The Morgan fingerprint density at radius 2 is 1.80 bits per heavy atom. The Morgan fingerprint density at radius 3 is 2.60 bits per heavy atom. The lowest BCUT2D eigenvalue weighted by molar-refractivity contribution is 0.778. The summed E-state index contributed by atoms with van der Waals surface area (Å²) in [6.45, 7) is 2.23. The van der Waals surface area contributed by atoms with Crippen LogP contribution in [0.25, 0.3) is 0 Å². The minimum Gasteiger partial charge on any atom is -0.377 e. The van der Waals surface area contributed by atoms with Gasteiger partial charge in [0.15, 0.2) is 5.17 Å². The van der Waals surface area contributed by atoms with Gasteiger partial charge in [-0.05, 0) is 23.8 Å². The highest BCUT2D eigenvalue weighted by atomic mass is 32.2. The third-order valence-electron chi connectivity index (χ3n) is 3.51. The average Bonchev–Trinajstić information content (AvgIpc) is 2.65. The fourth-order valence-electron chi connectivity index (χ4n) is 2.16. The van der Waals surface area contributed by atoms with E-state index in [1.807, 2.05) is 36.0 Å². The summed E-state index contributed by atoms with van der Waals surface area (Å²) < 4.78 is 0. The summed E-state index contributed by atoms with van der Waals surface area (Å²) >= 11 is 3.37. The van der Waals surface area contributed by atoms with E-state index in [9.17, 15) is 0 Å². The molecular weight excluding hydrogens is 346 g/mol. The summed E-state index contributed by atoms with van der Waals surface area (Å²) in [5, 5.41) is 8.75. The van der Waals surface area contributed by atoms with Crippen LogP contribution in [0.15, 0.2) is 69.7 Å². The molecule has 0 saturated carbocycles. The van der Waals surface area contributed by atoms with Crippen LogP contribution in [0.5, 0.6) is 0 Å². The number of hydrogen-bond donors (Lipinski definition) is 1. The molecule has 2 rings (SSSR count). The first-order valence-electron chi connectivity index (χ1n) is 8.54. The van der Waals surface area contributed by atoms with Gasteiger partial charge in [0.1, 0.15) is 0 Å². The minimum absolute atomic E-state index is 0.480. The standard InChI is InChI=1S/C20H25N3S2/c1-2-3-9-14-24-19-13-8-7-12-18(19)15-22-23-20(21)25-16-17-10-5-4-6-11-17/h4-8,10-13,15H,2-3,9,14,16H2,1H3,(H2,21,23). The van der Waals surface area contributed by atoms with Crippen LogP contribution in [-0.4, -0.2) is 17.1 Å². The van der Waals surface area contributed by atoms with Gasteiger partial charge in [-0.3, -0.25) is 0 Å². The zero-order valence-electron chi connectivity index (χ0n) is 14.6. The van der Waals surface area contributed by atoms with E-state index in [2.05, 4.69) is 47.5 Å². The topological polar surface area (TPSA) is 50.7 Å². The highest BCUT2D eigenvalue weighted by Crippen LogP contribution is 2.23. The van der Waals surface area contributed by atoms with Gasteiger partial charge in [0.05, 0.1) is 6.21 Å². The molecule has 0 heterocycles. The Balaban J connectivity index is 1.87. The molecule has 0 unspecified atom stereocenters. The van der Waals surface area contributed by atoms with Crippen molar-refractivity contribution in [3.05, 3.63) is 65.7 Å². The number of hydrogen-bond acceptors (Lipinski definition) is 4. The van der Waals surface area contributed by atoms with Crippen molar-refractivity contribution < 1.29 is 0 Å². The lowest BCUT2D eigenvalue weighted by atomic mass is 10.2. The number of nitrogens with two attached hydrogens (primary N) is 1. The SMILES string of the molecule is CCCCCSc1ccccc1C=NN=C(N)SCc1ccccc1. The Kier molecular flexibility index (Phi) is 9.23. The monoisotopic (exact) mass is 371 g/mol. The molecular formula is C20H25N3S2. The van der Waals surface area contributed by atoms with E-state index in [0.29, 0.717) is 5.17 Å². The summed E-state index contributed by atoms with van der Waals surface area (Å²) in [6, 6.07) is 18.5. The van der Waals surface area contributed by atoms with Gasteiger partial charge >= 0.3 is 0 Å². The van der Waals surface area contributed by atoms with Crippen LogP contribution < -0.4 is 5.73 Å². The van der Waals surface area contributed by atoms with Crippen molar-refractivity contribution in [2.75, 3.05) is 5.75 Å². The van der Waals surface area contributed by atoms with Gasteiger partial charge < -0.3 is 5.73 Å². The molecule has 0 aliphatic heterocycles. The van der Waals surface area contributed by atoms with Crippen LogP contribution in [0.1, 0.15) is 37.3 Å². The van der Waals surface area contributed by atoms with Crippen molar-refractivity contribution >= 4 is 34.9 Å². The van der Waals surface area contributed by atoms with Gasteiger partial charge in [-0.1, -0.05) is 80.1 Å². The molecule has 0 amide bonds. The molecule has 3 nitrogen and oxygen atoms in total. The van der Waals surface area contributed by atoms with E-state index >= 15 is 0 Å². The number of thioether (sulfide) groups is 2. The zero-order valence-corrected chi connectivity index (χ0v) is 16.2. The quantitative estimate of drug-likeness (QED) is 0.207. The summed E-state index contributed by atoms with van der Waals surface area (Å²) in [5.41, 5.74) is 8.25. The first-order chi connectivity index (χ1) is 12.3. The van der Waals surface area contributed by atoms with Crippen molar-refractivity contribution in [3.8, 4) is 0 Å². The second-order valence-corrected chi connectivity index (χ2v) is 7.68. The van der Waals surface area contributed by atoms with Crippen LogP contribution in [0.2, 0.25) is 0 Å². The second kappa shape index (κ2) is 11.8. The molecule has 0 fully saturated rings. The van der Waals surface area contributed by atoms with Crippen molar-refractivity contribution in [1.82, 2.24) is 0 Å². The molecule has 5 heteroatoms. The first kappa shape index (κ1) is 19.6. The van der Waals surface area contributed by atoms with Crippen LogP contribution in [0, 0.1) is 0 Å². The molecule has 0 aliphatic rings. The lowest BCUT2D eigenvalue weighted by Gasteiger charge is -2.04. The third-order valence-corrected chi connectivity index (χ3v) is 5.54. The smallest absolute Gasteiger partial charge is 0.180 e. The van der Waals surface area contributed by atoms with Crippen LogP contribution in [-0.2, 0) is 5.75 Å². The van der Waals surface area contributed by atoms with Crippen molar-refractivity contribution in [3.63, 3.8) is 0 Å². The highest BCUT2D eigenvalue weighted by Gasteiger charge is 2.00. The van der Waals surface area contributed by atoms with Crippen molar-refractivity contribution in [1.29, 1.82) is 0 Å². The Morgan fingerprint density at radius 1 is 1.04 bits per heavy atom. The fourth-order valence-corrected chi connectivity index (χ4v) is 3.80. The van der Waals surface area contributed by atoms with Crippen molar-refractivity contribution in [2.45, 2.75) is 36.8 Å². The van der Waals surface area contributed by atoms with E-state index in [4.69, 9.17) is 5.73 Å². The van der Waals surface area contributed by atoms with E-state index in [1.165, 1.54) is 41.5 Å². The number of benzene rings is 2. The minimum atomic E-state index is 0.480. The Bertz CT molecular complexity index is 684. The van der Waals surface area contributed by atoms with E-state index < -0.39 is 0 Å². The maximum absolute atomic E-state index is 5.93. The maximum atomic E-state index is 5.93. The molecule has 0 spiro atoms. The highest BCUT2D eigenvalue weighted by molar-refractivity contribution is 8.13. The lowest BCUT2D eigenvalue weighted by Crippen LogP contribution is -2.06. The maximum Gasteiger partial charge on any atom is 0.180 e. The van der Waals surface area contributed by atoms with Crippen LogP contribution in [0.3, 0.4) is 0 Å². The summed E-state index contributed by atoms with van der Waals surface area (Å²) in [5.74, 6) is 1.94. The van der Waals surface area contributed by atoms with Gasteiger partial charge in [-0.2, -0.15) is 5.10 Å². The summed E-state index contributed by atoms with van der Waals surface area (Å²) in [6.07, 6.45) is 5.56. The molecule has 0 saturated heterocycles. The van der Waals surface area contributed by atoms with Crippen LogP contribution in [0.4, 0.5) is 0 Å². The summed E-state index contributed by atoms with van der Waals surface area (Å²) in [7, 11) is 0. The molecule has 0 atom stereocenters. The van der Waals surface area contributed by atoms with E-state index in [0.717, 1.165) is 17.1 Å². The molecule has 2 aromatic rings. The normalized spacial score (nSPS) is 12.0. The number of nitrogens with zero attached hydrogens (tertiary/aromatic N) is 2. The first-order valence-corrected chi connectivity index (χ1v) is 10.5. The molecule has 0 aliphatic carbocycles. The molecule has 2 aromatic carbocycles. The molecule has 0 radical (unpaired) electrons. The van der Waals surface area contributed by atoms with E-state index in [-0.39, 0.29) is 0 Å². The second-order valence-electron chi connectivity index (χ2n) is 5.55. The molecule has 25 heavy (non-hydrogen) atoms. The van der Waals surface area contributed by atoms with Gasteiger partial charge in [0.2, 0.25) is 0 Å². The van der Waals surface area contributed by atoms with Gasteiger partial charge in [-0.15, -0.1) is 16.9 Å². The summed E-state index contributed by atoms with van der Waals surface area (Å²) in [4.78, 5) is 1.24.